The molecule has 98 valence electrons. The van der Waals surface area contributed by atoms with Crippen LogP contribution in [0.4, 0.5) is 20.2 Å². The molecule has 0 bridgehead atoms. The number of pyridine rings is 1. The zero-order valence-corrected chi connectivity index (χ0v) is 9.86. The number of aromatic nitrogens is 1. The second-order valence-corrected chi connectivity index (χ2v) is 3.97. The molecule has 3 N–H and O–H groups in total. The van der Waals surface area contributed by atoms with Crippen LogP contribution in [0.5, 0.6) is 0 Å². The van der Waals surface area contributed by atoms with Crippen molar-refractivity contribution in [2.75, 3.05) is 11.1 Å². The van der Waals surface area contributed by atoms with Gasteiger partial charge in [-0.3, -0.25) is 9.78 Å². The van der Waals surface area contributed by atoms with Crippen LogP contribution in [0.1, 0.15) is 5.69 Å². The summed E-state index contributed by atoms with van der Waals surface area (Å²) in [6.45, 7) is 0. The Kier molecular flexibility index (Phi) is 3.70. The Balaban J connectivity index is 2.03. The Morgan fingerprint density at radius 2 is 1.89 bits per heavy atom. The van der Waals surface area contributed by atoms with Gasteiger partial charge in [-0.2, -0.15) is 0 Å². The highest BCUT2D eigenvalue weighted by atomic mass is 19.1. The van der Waals surface area contributed by atoms with Crippen LogP contribution < -0.4 is 11.1 Å². The first kappa shape index (κ1) is 12.9. The second-order valence-electron chi connectivity index (χ2n) is 3.97. The minimum absolute atomic E-state index is 0.00158. The number of rotatable bonds is 3. The summed E-state index contributed by atoms with van der Waals surface area (Å²) in [6, 6.07) is 6.05. The molecule has 0 saturated heterocycles. The van der Waals surface area contributed by atoms with Gasteiger partial charge in [0.05, 0.1) is 18.3 Å². The van der Waals surface area contributed by atoms with Crippen LogP contribution in [0.15, 0.2) is 36.5 Å². The highest BCUT2D eigenvalue weighted by molar-refractivity contribution is 5.92. The van der Waals surface area contributed by atoms with Crippen LogP contribution in [-0.2, 0) is 11.2 Å². The highest BCUT2D eigenvalue weighted by Crippen LogP contribution is 2.13. The van der Waals surface area contributed by atoms with Gasteiger partial charge in [-0.15, -0.1) is 0 Å². The molecule has 1 amide bonds. The molecule has 1 aromatic heterocycles. The van der Waals surface area contributed by atoms with Crippen molar-refractivity contribution in [2.24, 2.45) is 0 Å². The van der Waals surface area contributed by atoms with E-state index in [1.54, 1.807) is 12.1 Å². The molecule has 2 rings (SSSR count). The number of hydrogen-bond acceptors (Lipinski definition) is 3. The molecule has 0 aliphatic rings. The van der Waals surface area contributed by atoms with Crippen molar-refractivity contribution < 1.29 is 13.6 Å². The predicted octanol–water partition coefficient (Wildman–Crippen LogP) is 2.12. The first-order valence-electron chi connectivity index (χ1n) is 5.49. The van der Waals surface area contributed by atoms with Crippen molar-refractivity contribution in [3.63, 3.8) is 0 Å². The summed E-state index contributed by atoms with van der Waals surface area (Å²) < 4.78 is 25.9. The molecular weight excluding hydrogens is 252 g/mol. The number of benzene rings is 1. The maximum Gasteiger partial charge on any atom is 0.230 e. The fraction of sp³-hybridized carbons (Fsp3) is 0.0769. The topological polar surface area (TPSA) is 68.0 Å². The van der Waals surface area contributed by atoms with E-state index in [2.05, 4.69) is 10.3 Å². The number of nitrogens with two attached hydrogens (primary N) is 1. The van der Waals surface area contributed by atoms with Gasteiger partial charge in [-0.25, -0.2) is 8.78 Å². The molecule has 0 aliphatic carbocycles. The molecule has 19 heavy (non-hydrogen) atoms. The van der Waals surface area contributed by atoms with Gasteiger partial charge in [0.25, 0.3) is 0 Å². The van der Waals surface area contributed by atoms with Gasteiger partial charge in [-0.05, 0) is 24.3 Å². The maximum atomic E-state index is 12.9. The van der Waals surface area contributed by atoms with E-state index in [1.807, 2.05) is 0 Å². The number of nitrogen functional groups attached to an aromatic ring is 1. The third kappa shape index (κ3) is 3.74. The van der Waals surface area contributed by atoms with Gasteiger partial charge in [0.2, 0.25) is 5.91 Å². The Morgan fingerprint density at radius 3 is 2.47 bits per heavy atom. The van der Waals surface area contributed by atoms with Crippen LogP contribution in [0.3, 0.4) is 0 Å². The lowest BCUT2D eigenvalue weighted by molar-refractivity contribution is -0.115. The minimum Gasteiger partial charge on any atom is -0.397 e. The normalized spacial score (nSPS) is 10.2. The number of hydrogen-bond donors (Lipinski definition) is 2. The number of nitrogens with one attached hydrogen (secondary N) is 1. The third-order valence-corrected chi connectivity index (χ3v) is 2.34. The summed E-state index contributed by atoms with van der Waals surface area (Å²) >= 11 is 0. The van der Waals surface area contributed by atoms with E-state index in [9.17, 15) is 13.6 Å². The van der Waals surface area contributed by atoms with E-state index in [4.69, 9.17) is 5.73 Å². The van der Waals surface area contributed by atoms with Gasteiger partial charge in [0, 0.05) is 17.4 Å². The molecular formula is C13H11F2N3O. The van der Waals surface area contributed by atoms with Crippen molar-refractivity contribution >= 4 is 17.3 Å². The maximum absolute atomic E-state index is 12.9. The van der Waals surface area contributed by atoms with E-state index in [0.29, 0.717) is 11.4 Å². The number of carbonyl (C=O) groups excluding carboxylic acids is 1. The predicted molar refractivity (Wildman–Crippen MR) is 67.3 cm³/mol. The molecule has 1 heterocycles. The summed E-state index contributed by atoms with van der Waals surface area (Å²) in [7, 11) is 0. The van der Waals surface area contributed by atoms with Crippen molar-refractivity contribution in [1.82, 2.24) is 4.98 Å². The monoisotopic (exact) mass is 263 g/mol. The number of halogens is 2. The van der Waals surface area contributed by atoms with Gasteiger partial charge in [0.15, 0.2) is 0 Å². The second kappa shape index (κ2) is 5.43. The Hall–Kier alpha value is -2.50. The van der Waals surface area contributed by atoms with Gasteiger partial charge < -0.3 is 11.1 Å². The summed E-state index contributed by atoms with van der Waals surface area (Å²) in [5.41, 5.74) is 6.55. The van der Waals surface area contributed by atoms with Gasteiger partial charge >= 0.3 is 0 Å². The molecule has 0 aliphatic heterocycles. The van der Waals surface area contributed by atoms with E-state index in [0.717, 1.165) is 18.2 Å². The van der Waals surface area contributed by atoms with Crippen molar-refractivity contribution in [2.45, 2.75) is 6.42 Å². The van der Waals surface area contributed by atoms with Crippen molar-refractivity contribution in [3.8, 4) is 0 Å². The zero-order chi connectivity index (χ0) is 13.8. The number of carbonyl (C=O) groups is 1. The van der Waals surface area contributed by atoms with Crippen LogP contribution in [0.2, 0.25) is 0 Å². The van der Waals surface area contributed by atoms with E-state index in [1.165, 1.54) is 6.20 Å². The van der Waals surface area contributed by atoms with Crippen molar-refractivity contribution in [1.29, 1.82) is 0 Å². The molecule has 6 heteroatoms. The average molecular weight is 263 g/mol. The lowest BCUT2D eigenvalue weighted by atomic mass is 10.2. The molecule has 0 saturated carbocycles. The average Bonchev–Trinajstić information content (AvgIpc) is 2.30. The largest absolute Gasteiger partial charge is 0.397 e. The Labute approximate surface area is 108 Å². The number of amides is 1. The smallest absolute Gasteiger partial charge is 0.230 e. The molecule has 0 radical (unpaired) electrons. The standard InChI is InChI=1S/C13H11F2N3O/c14-8-3-9(15)5-12(4-8)18-13(19)6-11-2-1-10(16)7-17-11/h1-5,7H,6,16H2,(H,18,19). The summed E-state index contributed by atoms with van der Waals surface area (Å²) in [4.78, 5) is 15.6. The molecule has 0 spiro atoms. The van der Waals surface area contributed by atoms with Crippen LogP contribution in [0, 0.1) is 11.6 Å². The van der Waals surface area contributed by atoms with Crippen LogP contribution in [-0.4, -0.2) is 10.9 Å². The first-order chi connectivity index (χ1) is 9.02. The number of anilines is 2. The molecule has 0 unspecified atom stereocenters. The quantitative estimate of drug-likeness (QED) is 0.891. The third-order valence-electron chi connectivity index (χ3n) is 2.34. The highest BCUT2D eigenvalue weighted by Gasteiger charge is 2.07. The van der Waals surface area contributed by atoms with Gasteiger partial charge in [0.1, 0.15) is 11.6 Å². The van der Waals surface area contributed by atoms with Crippen molar-refractivity contribution in [3.05, 3.63) is 53.9 Å². The summed E-state index contributed by atoms with van der Waals surface area (Å²) in [6.07, 6.45) is 1.43. The molecule has 1 aromatic carbocycles. The summed E-state index contributed by atoms with van der Waals surface area (Å²) in [5.74, 6) is -1.91. The summed E-state index contributed by atoms with van der Waals surface area (Å²) in [5, 5.41) is 2.40. The number of nitrogens with zero attached hydrogens (tertiary/aromatic N) is 1. The van der Waals surface area contributed by atoms with E-state index >= 15 is 0 Å². The van der Waals surface area contributed by atoms with E-state index < -0.39 is 17.5 Å². The lowest BCUT2D eigenvalue weighted by Crippen LogP contribution is -2.15. The fourth-order valence-corrected chi connectivity index (χ4v) is 1.54. The SMILES string of the molecule is Nc1ccc(CC(=O)Nc2cc(F)cc(F)c2)nc1. The molecule has 2 aromatic rings. The zero-order valence-electron chi connectivity index (χ0n) is 9.86. The first-order valence-corrected chi connectivity index (χ1v) is 5.49. The Morgan fingerprint density at radius 1 is 1.21 bits per heavy atom. The molecule has 0 fully saturated rings. The lowest BCUT2D eigenvalue weighted by Gasteiger charge is -2.05. The van der Waals surface area contributed by atoms with Gasteiger partial charge in [-0.1, -0.05) is 0 Å². The van der Waals surface area contributed by atoms with Crippen LogP contribution in [0.25, 0.3) is 0 Å². The minimum atomic E-state index is -0.749. The molecule has 4 nitrogen and oxygen atoms in total. The van der Waals surface area contributed by atoms with E-state index in [-0.39, 0.29) is 12.1 Å². The fourth-order valence-electron chi connectivity index (χ4n) is 1.54. The Bertz CT molecular complexity index is 579. The molecule has 0 atom stereocenters. The van der Waals surface area contributed by atoms with Crippen LogP contribution >= 0.6 is 0 Å².